The molecule has 0 aromatic heterocycles. The predicted octanol–water partition coefficient (Wildman–Crippen LogP) is 2.78. The average molecular weight is 183 g/mol. The molecule has 0 radical (unpaired) electrons. The van der Waals surface area contributed by atoms with Crippen LogP contribution in [0.25, 0.3) is 0 Å². The zero-order valence-corrected chi connectivity index (χ0v) is 8.59. The molecule has 2 heteroatoms. The molecule has 0 aliphatic carbocycles. The highest BCUT2D eigenvalue weighted by Crippen LogP contribution is 2.09. The molecule has 2 N–H and O–H groups in total. The lowest BCUT2D eigenvalue weighted by molar-refractivity contribution is -0.105. The van der Waals surface area contributed by atoms with Gasteiger partial charge in [0.25, 0.3) is 0 Å². The summed E-state index contributed by atoms with van der Waals surface area (Å²) in [4.78, 5) is 10.4. The van der Waals surface area contributed by atoms with Gasteiger partial charge in [0, 0.05) is 11.8 Å². The molecular formula is C11H21NO. The van der Waals surface area contributed by atoms with Crippen LogP contribution in [-0.4, -0.2) is 6.29 Å². The molecule has 13 heavy (non-hydrogen) atoms. The topological polar surface area (TPSA) is 43.1 Å². The van der Waals surface area contributed by atoms with Gasteiger partial charge in [-0.15, -0.1) is 0 Å². The van der Waals surface area contributed by atoms with Gasteiger partial charge in [0.2, 0.25) is 0 Å². The van der Waals surface area contributed by atoms with E-state index >= 15 is 0 Å². The third kappa shape index (κ3) is 7.57. The van der Waals surface area contributed by atoms with Gasteiger partial charge in [0.15, 0.2) is 0 Å². The molecule has 0 spiro atoms. The Kier molecular flexibility index (Phi) is 8.73. The van der Waals surface area contributed by atoms with Crippen molar-refractivity contribution in [2.24, 2.45) is 5.73 Å². The van der Waals surface area contributed by atoms with Crippen LogP contribution in [0.5, 0.6) is 0 Å². The first kappa shape index (κ1) is 12.2. The molecule has 76 valence electrons. The van der Waals surface area contributed by atoms with Crippen molar-refractivity contribution >= 4 is 6.29 Å². The van der Waals surface area contributed by atoms with Crippen molar-refractivity contribution < 1.29 is 4.79 Å². The Balaban J connectivity index is 3.20. The molecule has 0 aliphatic rings. The van der Waals surface area contributed by atoms with E-state index in [0.29, 0.717) is 0 Å². The van der Waals surface area contributed by atoms with Crippen LogP contribution in [0.15, 0.2) is 11.8 Å². The standard InChI is InChI=1S/C11H21NO/c1-2-3-4-5-6-7-8-11(9-12)10-13/h9-10H,2-8,12H2,1H3. The highest BCUT2D eigenvalue weighted by atomic mass is 16.1. The van der Waals surface area contributed by atoms with E-state index < -0.39 is 0 Å². The fourth-order valence-electron chi connectivity index (χ4n) is 1.29. The first-order valence-corrected chi connectivity index (χ1v) is 5.21. The lowest BCUT2D eigenvalue weighted by atomic mass is 10.1. The van der Waals surface area contributed by atoms with Crippen molar-refractivity contribution in [1.82, 2.24) is 0 Å². The Bertz CT molecular complexity index is 152. The molecule has 0 atom stereocenters. The Morgan fingerprint density at radius 1 is 1.15 bits per heavy atom. The average Bonchev–Trinajstić information content (AvgIpc) is 2.17. The SMILES string of the molecule is CCCCCCCCC(C=O)=CN. The third-order valence-electron chi connectivity index (χ3n) is 2.18. The van der Waals surface area contributed by atoms with E-state index in [-0.39, 0.29) is 0 Å². The molecular weight excluding hydrogens is 162 g/mol. The molecule has 0 fully saturated rings. The molecule has 2 nitrogen and oxygen atoms in total. The minimum absolute atomic E-state index is 0.732. The second-order valence-electron chi connectivity index (χ2n) is 3.38. The number of rotatable bonds is 8. The second-order valence-corrected chi connectivity index (χ2v) is 3.38. The number of carbonyl (C=O) groups is 1. The molecule has 0 aliphatic heterocycles. The summed E-state index contributed by atoms with van der Waals surface area (Å²) >= 11 is 0. The number of carbonyl (C=O) groups excluding carboxylic acids is 1. The van der Waals surface area contributed by atoms with Crippen molar-refractivity contribution in [1.29, 1.82) is 0 Å². The van der Waals surface area contributed by atoms with Crippen LogP contribution < -0.4 is 5.73 Å². The summed E-state index contributed by atoms with van der Waals surface area (Å²) < 4.78 is 0. The van der Waals surface area contributed by atoms with E-state index in [1.165, 1.54) is 38.3 Å². The molecule has 0 aromatic rings. The number of aldehydes is 1. The van der Waals surface area contributed by atoms with E-state index in [0.717, 1.165) is 24.7 Å². The first-order valence-electron chi connectivity index (χ1n) is 5.21. The van der Waals surface area contributed by atoms with Gasteiger partial charge in [-0.1, -0.05) is 39.0 Å². The van der Waals surface area contributed by atoms with Crippen LogP contribution in [0.2, 0.25) is 0 Å². The van der Waals surface area contributed by atoms with Gasteiger partial charge in [0.1, 0.15) is 6.29 Å². The summed E-state index contributed by atoms with van der Waals surface area (Å²) in [6.45, 7) is 2.21. The van der Waals surface area contributed by atoms with Gasteiger partial charge in [-0.3, -0.25) is 4.79 Å². The highest BCUT2D eigenvalue weighted by molar-refractivity contribution is 5.72. The summed E-state index contributed by atoms with van der Waals surface area (Å²) in [5.74, 6) is 0. The zero-order valence-electron chi connectivity index (χ0n) is 8.59. The lowest BCUT2D eigenvalue weighted by Gasteiger charge is -1.99. The van der Waals surface area contributed by atoms with E-state index in [4.69, 9.17) is 5.73 Å². The van der Waals surface area contributed by atoms with Crippen LogP contribution in [0.4, 0.5) is 0 Å². The summed E-state index contributed by atoms with van der Waals surface area (Å²) in [5.41, 5.74) is 5.98. The predicted molar refractivity (Wildman–Crippen MR) is 56.3 cm³/mol. The van der Waals surface area contributed by atoms with Crippen molar-refractivity contribution in [3.8, 4) is 0 Å². The monoisotopic (exact) mass is 183 g/mol. The van der Waals surface area contributed by atoms with Crippen molar-refractivity contribution in [3.63, 3.8) is 0 Å². The Morgan fingerprint density at radius 3 is 2.31 bits per heavy atom. The van der Waals surface area contributed by atoms with Gasteiger partial charge in [-0.2, -0.15) is 0 Å². The smallest absolute Gasteiger partial charge is 0.147 e. The normalized spacial score (nSPS) is 11.6. The second kappa shape index (κ2) is 9.30. The fraction of sp³-hybridized carbons (Fsp3) is 0.727. The zero-order chi connectivity index (χ0) is 9.94. The van der Waals surface area contributed by atoms with Gasteiger partial charge in [-0.25, -0.2) is 0 Å². The summed E-state index contributed by atoms with van der Waals surface area (Å²) in [7, 11) is 0. The number of allylic oxidation sites excluding steroid dienone is 1. The molecule has 0 saturated carbocycles. The maximum atomic E-state index is 10.4. The van der Waals surface area contributed by atoms with Crippen LogP contribution in [-0.2, 0) is 4.79 Å². The number of hydrogen-bond donors (Lipinski definition) is 1. The van der Waals surface area contributed by atoms with Crippen molar-refractivity contribution in [2.75, 3.05) is 0 Å². The lowest BCUT2D eigenvalue weighted by Crippen LogP contribution is -1.91. The first-order chi connectivity index (χ1) is 6.35. The molecule has 0 aromatic carbocycles. The Hall–Kier alpha value is -0.790. The summed E-state index contributed by atoms with van der Waals surface area (Å²) in [6.07, 6.45) is 10.6. The third-order valence-corrected chi connectivity index (χ3v) is 2.18. The number of nitrogens with two attached hydrogens (primary N) is 1. The summed E-state index contributed by atoms with van der Waals surface area (Å²) in [5, 5.41) is 0. The molecule has 0 rings (SSSR count). The summed E-state index contributed by atoms with van der Waals surface area (Å²) in [6, 6.07) is 0. The van der Waals surface area contributed by atoms with E-state index in [1.807, 2.05) is 0 Å². The van der Waals surface area contributed by atoms with Crippen LogP contribution >= 0.6 is 0 Å². The number of hydrogen-bond acceptors (Lipinski definition) is 2. The van der Waals surface area contributed by atoms with Gasteiger partial charge in [0.05, 0.1) is 0 Å². The minimum atomic E-state index is 0.732. The van der Waals surface area contributed by atoms with Gasteiger partial charge >= 0.3 is 0 Å². The maximum absolute atomic E-state index is 10.4. The largest absolute Gasteiger partial charge is 0.404 e. The highest BCUT2D eigenvalue weighted by Gasteiger charge is 1.94. The van der Waals surface area contributed by atoms with E-state index in [2.05, 4.69) is 6.92 Å². The van der Waals surface area contributed by atoms with Crippen LogP contribution in [0.3, 0.4) is 0 Å². The molecule has 0 unspecified atom stereocenters. The van der Waals surface area contributed by atoms with E-state index in [9.17, 15) is 4.79 Å². The van der Waals surface area contributed by atoms with Crippen molar-refractivity contribution in [3.05, 3.63) is 11.8 Å². The van der Waals surface area contributed by atoms with Crippen LogP contribution in [0.1, 0.15) is 51.9 Å². The molecule has 0 saturated heterocycles. The van der Waals surface area contributed by atoms with Crippen molar-refractivity contribution in [2.45, 2.75) is 51.9 Å². The van der Waals surface area contributed by atoms with E-state index in [1.54, 1.807) is 0 Å². The fourth-order valence-corrected chi connectivity index (χ4v) is 1.29. The molecule has 0 bridgehead atoms. The van der Waals surface area contributed by atoms with Crippen LogP contribution in [0, 0.1) is 0 Å². The maximum Gasteiger partial charge on any atom is 0.147 e. The number of unbranched alkanes of at least 4 members (excludes halogenated alkanes) is 5. The van der Waals surface area contributed by atoms with Gasteiger partial charge < -0.3 is 5.73 Å². The Morgan fingerprint density at radius 2 is 1.77 bits per heavy atom. The molecule has 0 amide bonds. The quantitative estimate of drug-likeness (QED) is 0.357. The minimum Gasteiger partial charge on any atom is -0.404 e. The Labute approximate surface area is 81.2 Å². The van der Waals surface area contributed by atoms with Gasteiger partial charge in [-0.05, 0) is 12.8 Å². The molecule has 0 heterocycles.